The molecule has 0 aliphatic rings. The fourth-order valence-electron chi connectivity index (χ4n) is 4.84. The highest BCUT2D eigenvalue weighted by molar-refractivity contribution is 9.11. The zero-order valence-corrected chi connectivity index (χ0v) is 29.9. The molecule has 5 nitrogen and oxygen atoms in total. The molecule has 226 valence electrons. The third kappa shape index (κ3) is 7.40. The summed E-state index contributed by atoms with van der Waals surface area (Å²) in [5.74, 6) is 1.40. The maximum atomic E-state index is 6.40. The minimum Gasteiger partial charge on any atom is -0.466 e. The van der Waals surface area contributed by atoms with E-state index in [1.807, 2.05) is 12.1 Å². The molecule has 0 aromatic heterocycles. The average molecular weight is 719 g/mol. The predicted molar refractivity (Wildman–Crippen MR) is 183 cm³/mol. The maximum Gasteiger partial charge on any atom is 0.191 e. The third-order valence-electron chi connectivity index (χ3n) is 8.09. The number of rotatable bonds is 13. The highest BCUT2D eigenvalue weighted by Gasteiger charge is 2.36. The SMILES string of the molecule is COCOc1c(Br)cc2ccccc2c1-c1c(OCOC)c(Br)cc2cc(CCCCO[Si](C)(C)C(C)(C)C)ccc12. The van der Waals surface area contributed by atoms with Crippen LogP contribution in [0.25, 0.3) is 32.7 Å². The van der Waals surface area contributed by atoms with Gasteiger partial charge in [0.2, 0.25) is 0 Å². The lowest BCUT2D eigenvalue weighted by Crippen LogP contribution is -2.40. The average Bonchev–Trinajstić information content (AvgIpc) is 2.93. The Morgan fingerprint density at radius 2 is 1.29 bits per heavy atom. The number of benzene rings is 4. The molecule has 0 spiro atoms. The van der Waals surface area contributed by atoms with Crippen LogP contribution in [0.3, 0.4) is 0 Å². The fourth-order valence-corrected chi connectivity index (χ4v) is 7.05. The van der Waals surface area contributed by atoms with Crippen LogP contribution < -0.4 is 9.47 Å². The minimum absolute atomic E-state index is 0.117. The van der Waals surface area contributed by atoms with E-state index in [9.17, 15) is 0 Å². The van der Waals surface area contributed by atoms with E-state index in [0.29, 0.717) is 11.5 Å². The van der Waals surface area contributed by atoms with Crippen molar-refractivity contribution in [1.82, 2.24) is 0 Å². The Bertz CT molecular complexity index is 1530. The number of aryl methyl sites for hydroxylation is 1. The molecule has 4 aromatic rings. The first-order valence-corrected chi connectivity index (χ1v) is 18.8. The summed E-state index contributed by atoms with van der Waals surface area (Å²) in [6, 6.07) is 19.2. The van der Waals surface area contributed by atoms with E-state index in [-0.39, 0.29) is 18.6 Å². The topological polar surface area (TPSA) is 46.2 Å². The molecule has 0 bridgehead atoms. The molecule has 42 heavy (non-hydrogen) atoms. The molecule has 4 rings (SSSR count). The van der Waals surface area contributed by atoms with Crippen molar-refractivity contribution in [1.29, 1.82) is 0 Å². The zero-order chi connectivity index (χ0) is 30.5. The van der Waals surface area contributed by atoms with Crippen molar-refractivity contribution in [2.75, 3.05) is 34.4 Å². The lowest BCUT2D eigenvalue weighted by Gasteiger charge is -2.36. The van der Waals surface area contributed by atoms with Crippen molar-refractivity contribution < 1.29 is 23.4 Å². The molecule has 0 fully saturated rings. The number of hydrogen-bond donors (Lipinski definition) is 0. The Balaban J connectivity index is 1.76. The minimum atomic E-state index is -1.72. The van der Waals surface area contributed by atoms with Crippen LogP contribution in [0.2, 0.25) is 18.1 Å². The largest absolute Gasteiger partial charge is 0.466 e. The van der Waals surface area contributed by atoms with E-state index in [2.05, 4.69) is 108 Å². The van der Waals surface area contributed by atoms with Gasteiger partial charge in [0.05, 0.1) is 8.95 Å². The summed E-state index contributed by atoms with van der Waals surface area (Å²) in [4.78, 5) is 0. The van der Waals surface area contributed by atoms with Crippen molar-refractivity contribution in [3.05, 3.63) is 69.1 Å². The van der Waals surface area contributed by atoms with Gasteiger partial charge < -0.3 is 23.4 Å². The number of hydrogen-bond acceptors (Lipinski definition) is 5. The van der Waals surface area contributed by atoms with Crippen molar-refractivity contribution in [3.63, 3.8) is 0 Å². The number of halogens is 2. The second-order valence-corrected chi connectivity index (χ2v) is 18.6. The van der Waals surface area contributed by atoms with E-state index in [0.717, 1.165) is 67.5 Å². The Morgan fingerprint density at radius 1 is 0.714 bits per heavy atom. The normalized spacial score (nSPS) is 12.3. The number of methoxy groups -OCH3 is 2. The molecule has 0 atom stereocenters. The molecule has 0 aliphatic carbocycles. The summed E-state index contributed by atoms with van der Waals surface area (Å²) in [5.41, 5.74) is 3.17. The summed E-state index contributed by atoms with van der Waals surface area (Å²) < 4.78 is 31.1. The molecule has 0 unspecified atom stereocenters. The van der Waals surface area contributed by atoms with Gasteiger partial charge in [-0.15, -0.1) is 0 Å². The lowest BCUT2D eigenvalue weighted by molar-refractivity contribution is 0.0496. The smallest absolute Gasteiger partial charge is 0.191 e. The van der Waals surface area contributed by atoms with Crippen LogP contribution in [0.5, 0.6) is 11.5 Å². The molecule has 0 saturated heterocycles. The molecular formula is C34H42Br2O5Si. The number of unbranched alkanes of at least 4 members (excludes halogenated alkanes) is 1. The van der Waals surface area contributed by atoms with Crippen LogP contribution in [0, 0.1) is 0 Å². The van der Waals surface area contributed by atoms with E-state index in [1.54, 1.807) is 14.2 Å². The van der Waals surface area contributed by atoms with Gasteiger partial charge in [-0.1, -0.05) is 63.2 Å². The highest BCUT2D eigenvalue weighted by Crippen LogP contribution is 2.51. The lowest BCUT2D eigenvalue weighted by atomic mass is 9.91. The van der Waals surface area contributed by atoms with Gasteiger partial charge in [-0.05, 0) is 108 Å². The van der Waals surface area contributed by atoms with Gasteiger partial charge in [-0.2, -0.15) is 0 Å². The Labute approximate surface area is 268 Å². The van der Waals surface area contributed by atoms with Gasteiger partial charge in [-0.3, -0.25) is 0 Å². The van der Waals surface area contributed by atoms with Gasteiger partial charge in [0, 0.05) is 32.0 Å². The monoisotopic (exact) mass is 716 g/mol. The van der Waals surface area contributed by atoms with Crippen molar-refractivity contribution in [3.8, 4) is 22.6 Å². The molecule has 0 radical (unpaired) electrons. The van der Waals surface area contributed by atoms with Gasteiger partial charge in [0.25, 0.3) is 0 Å². The molecule has 0 N–H and O–H groups in total. The van der Waals surface area contributed by atoms with Crippen LogP contribution in [0.4, 0.5) is 0 Å². The summed E-state index contributed by atoms with van der Waals surface area (Å²) in [5, 5.41) is 4.57. The van der Waals surface area contributed by atoms with E-state index >= 15 is 0 Å². The third-order valence-corrected chi connectivity index (χ3v) is 13.8. The Kier molecular flexibility index (Phi) is 11.2. The molecule has 0 amide bonds. The molecular weight excluding hydrogens is 676 g/mol. The molecule has 4 aromatic carbocycles. The van der Waals surface area contributed by atoms with Crippen LogP contribution in [-0.2, 0) is 20.3 Å². The quantitative estimate of drug-likeness (QED) is 0.0783. The van der Waals surface area contributed by atoms with E-state index in [4.69, 9.17) is 23.4 Å². The van der Waals surface area contributed by atoms with Crippen molar-refractivity contribution in [2.24, 2.45) is 0 Å². The molecule has 0 aliphatic heterocycles. The first-order chi connectivity index (χ1) is 20.0. The van der Waals surface area contributed by atoms with Crippen LogP contribution >= 0.6 is 31.9 Å². The summed E-state index contributed by atoms with van der Waals surface area (Å²) in [6.07, 6.45) is 3.12. The van der Waals surface area contributed by atoms with Gasteiger partial charge in [0.1, 0.15) is 11.5 Å². The second-order valence-electron chi connectivity index (χ2n) is 12.1. The summed E-state index contributed by atoms with van der Waals surface area (Å²) in [6.45, 7) is 12.6. The van der Waals surface area contributed by atoms with Crippen LogP contribution in [0.15, 0.2) is 63.5 Å². The van der Waals surface area contributed by atoms with E-state index < -0.39 is 8.32 Å². The predicted octanol–water partition coefficient (Wildman–Crippen LogP) is 10.5. The molecule has 8 heteroatoms. The second kappa shape index (κ2) is 14.2. The summed E-state index contributed by atoms with van der Waals surface area (Å²) >= 11 is 7.58. The summed E-state index contributed by atoms with van der Waals surface area (Å²) in [7, 11) is 1.53. The first kappa shape index (κ1) is 33.0. The van der Waals surface area contributed by atoms with Crippen molar-refractivity contribution in [2.45, 2.75) is 58.2 Å². The van der Waals surface area contributed by atoms with E-state index in [1.165, 1.54) is 5.56 Å². The van der Waals surface area contributed by atoms with Crippen LogP contribution in [-0.4, -0.2) is 42.7 Å². The highest BCUT2D eigenvalue weighted by atomic mass is 79.9. The maximum absolute atomic E-state index is 6.40. The van der Waals surface area contributed by atoms with Crippen molar-refractivity contribution >= 4 is 61.7 Å². The Morgan fingerprint density at radius 3 is 1.88 bits per heavy atom. The molecule has 0 heterocycles. The van der Waals surface area contributed by atoms with Crippen LogP contribution in [0.1, 0.15) is 39.2 Å². The number of ether oxygens (including phenoxy) is 4. The van der Waals surface area contributed by atoms with Gasteiger partial charge in [0.15, 0.2) is 21.9 Å². The van der Waals surface area contributed by atoms with Gasteiger partial charge in [-0.25, -0.2) is 0 Å². The van der Waals surface area contributed by atoms with Gasteiger partial charge >= 0.3 is 0 Å². The molecule has 0 saturated carbocycles. The Hall–Kier alpha value is -1.94. The first-order valence-electron chi connectivity index (χ1n) is 14.3. The zero-order valence-electron chi connectivity index (χ0n) is 25.7. The number of fused-ring (bicyclic) bond motifs is 2. The fraction of sp³-hybridized carbons (Fsp3) is 0.412. The standard InChI is InChI=1S/C34H42Br2O5Si/c1-34(2,3)42(6,7)41-17-11-10-12-23-15-16-27-25(18-23)20-29(36)33(40-22-38-5)31(27)30-26-14-9-8-13-24(26)19-28(35)32(30)39-21-37-4/h8-9,13-16,18-20H,10-12,17,21-22H2,1-7H3.